The molecule has 2 aromatic rings. The third-order valence-corrected chi connectivity index (χ3v) is 6.17. The van der Waals surface area contributed by atoms with Crippen molar-refractivity contribution in [2.75, 3.05) is 13.7 Å². The van der Waals surface area contributed by atoms with E-state index in [0.29, 0.717) is 17.9 Å². The number of hydrogen-bond acceptors (Lipinski definition) is 5. The van der Waals surface area contributed by atoms with E-state index in [1.807, 2.05) is 24.3 Å². The lowest BCUT2D eigenvalue weighted by Crippen LogP contribution is -2.47. The second-order valence-electron chi connectivity index (χ2n) is 8.10. The summed E-state index contributed by atoms with van der Waals surface area (Å²) >= 11 is 0. The summed E-state index contributed by atoms with van der Waals surface area (Å²) in [6, 6.07) is 7.64. The van der Waals surface area contributed by atoms with Crippen LogP contribution >= 0.6 is 0 Å². The maximum atomic E-state index is 13.4. The predicted octanol–water partition coefficient (Wildman–Crippen LogP) is 3.36. The van der Waals surface area contributed by atoms with Gasteiger partial charge in [0.1, 0.15) is 17.4 Å². The summed E-state index contributed by atoms with van der Waals surface area (Å²) in [6.07, 6.45) is 5.98. The van der Waals surface area contributed by atoms with Crippen LogP contribution in [0.1, 0.15) is 62.6 Å². The van der Waals surface area contributed by atoms with Gasteiger partial charge in [-0.3, -0.25) is 13.9 Å². The molecule has 2 aliphatic heterocycles. The third-order valence-electron chi connectivity index (χ3n) is 6.17. The topological polar surface area (TPSA) is 68.8 Å². The first-order valence-electron chi connectivity index (χ1n) is 10.9. The van der Waals surface area contributed by atoms with Crippen molar-refractivity contribution in [2.45, 2.75) is 58.0 Å². The molecule has 1 saturated heterocycles. The summed E-state index contributed by atoms with van der Waals surface area (Å²) in [6.45, 7) is 3.52. The summed E-state index contributed by atoms with van der Waals surface area (Å²) in [5.74, 6) is 2.31. The Morgan fingerprint density at radius 1 is 1.13 bits per heavy atom. The summed E-state index contributed by atoms with van der Waals surface area (Å²) in [5, 5.41) is 0. The zero-order valence-electron chi connectivity index (χ0n) is 18.1. The maximum absolute atomic E-state index is 13.4. The van der Waals surface area contributed by atoms with Gasteiger partial charge in [0.25, 0.3) is 5.56 Å². The molecule has 7 nitrogen and oxygen atoms in total. The average Bonchev–Trinajstić information content (AvgIpc) is 3.02. The number of fused-ring (bicyclic) bond motifs is 2. The van der Waals surface area contributed by atoms with Crippen LogP contribution in [-0.2, 0) is 13.6 Å². The van der Waals surface area contributed by atoms with Gasteiger partial charge in [0, 0.05) is 26.6 Å². The van der Waals surface area contributed by atoms with Crippen LogP contribution in [0.3, 0.4) is 0 Å². The molecule has 1 fully saturated rings. The van der Waals surface area contributed by atoms with E-state index in [9.17, 15) is 9.59 Å². The van der Waals surface area contributed by atoms with Gasteiger partial charge in [-0.1, -0.05) is 31.9 Å². The van der Waals surface area contributed by atoms with Crippen LogP contribution in [0.25, 0.3) is 0 Å². The number of unbranched alkanes of at least 4 members (excludes halogenated alkanes) is 1. The molecule has 0 spiro atoms. The number of methoxy groups -OCH3 is 1. The highest BCUT2D eigenvalue weighted by Crippen LogP contribution is 2.39. The molecule has 4 rings (SSSR count). The van der Waals surface area contributed by atoms with Gasteiger partial charge < -0.3 is 9.64 Å². The Morgan fingerprint density at radius 3 is 2.60 bits per heavy atom. The molecule has 7 heteroatoms. The monoisotopic (exact) mass is 410 g/mol. The smallest absolute Gasteiger partial charge is 0.332 e. The Hall–Kier alpha value is -2.83. The second kappa shape index (κ2) is 8.50. The van der Waals surface area contributed by atoms with Gasteiger partial charge >= 0.3 is 5.69 Å². The predicted molar refractivity (Wildman–Crippen MR) is 118 cm³/mol. The lowest BCUT2D eigenvalue weighted by atomic mass is 9.95. The van der Waals surface area contributed by atoms with Crippen molar-refractivity contribution < 1.29 is 4.74 Å². The molecule has 0 saturated carbocycles. The lowest BCUT2D eigenvalue weighted by Gasteiger charge is -2.38. The van der Waals surface area contributed by atoms with Crippen molar-refractivity contribution in [1.82, 2.24) is 14.0 Å². The van der Waals surface area contributed by atoms with Crippen LogP contribution in [0.4, 0.5) is 5.82 Å². The molecule has 1 aromatic carbocycles. The minimum atomic E-state index is -0.285. The molecule has 0 N–H and O–H groups in total. The van der Waals surface area contributed by atoms with E-state index in [-0.39, 0.29) is 17.3 Å². The van der Waals surface area contributed by atoms with Crippen LogP contribution in [0.2, 0.25) is 0 Å². The van der Waals surface area contributed by atoms with E-state index in [2.05, 4.69) is 11.8 Å². The number of hydrogen-bond donors (Lipinski definition) is 0. The van der Waals surface area contributed by atoms with Gasteiger partial charge in [0.15, 0.2) is 0 Å². The van der Waals surface area contributed by atoms with E-state index in [4.69, 9.17) is 9.73 Å². The van der Waals surface area contributed by atoms with Crippen molar-refractivity contribution >= 4 is 11.7 Å². The van der Waals surface area contributed by atoms with E-state index < -0.39 is 0 Å². The SMILES string of the molecule is CCCCn1c2c(c(=O)n(C)c1=O)[C@@H](c1ccc(OC)cc1)N1CCCCCC1=N2. The fourth-order valence-corrected chi connectivity index (χ4v) is 4.48. The van der Waals surface area contributed by atoms with Crippen LogP contribution in [0, 0.1) is 0 Å². The van der Waals surface area contributed by atoms with Crippen molar-refractivity contribution in [1.29, 1.82) is 0 Å². The molecule has 1 aromatic heterocycles. The Kier molecular flexibility index (Phi) is 5.79. The molecule has 1 atom stereocenters. The highest BCUT2D eigenvalue weighted by atomic mass is 16.5. The molecule has 0 amide bonds. The third kappa shape index (κ3) is 3.46. The van der Waals surface area contributed by atoms with Gasteiger partial charge in [0.05, 0.1) is 18.7 Å². The minimum Gasteiger partial charge on any atom is -0.497 e. The van der Waals surface area contributed by atoms with E-state index in [1.54, 1.807) is 18.7 Å². The lowest BCUT2D eigenvalue weighted by molar-refractivity contribution is 0.340. The van der Waals surface area contributed by atoms with Crippen LogP contribution in [-0.4, -0.2) is 33.5 Å². The summed E-state index contributed by atoms with van der Waals surface area (Å²) in [4.78, 5) is 33.5. The zero-order valence-corrected chi connectivity index (χ0v) is 18.1. The van der Waals surface area contributed by atoms with E-state index in [1.165, 1.54) is 4.57 Å². The molecule has 160 valence electrons. The second-order valence-corrected chi connectivity index (χ2v) is 8.10. The fraction of sp³-hybridized carbons (Fsp3) is 0.522. The maximum Gasteiger partial charge on any atom is 0.332 e. The largest absolute Gasteiger partial charge is 0.497 e. The van der Waals surface area contributed by atoms with Crippen LogP contribution < -0.4 is 16.0 Å². The molecule has 0 aliphatic carbocycles. The molecular formula is C23H30N4O3. The van der Waals surface area contributed by atoms with Crippen molar-refractivity contribution in [3.8, 4) is 5.75 Å². The number of rotatable bonds is 5. The summed E-state index contributed by atoms with van der Waals surface area (Å²) in [7, 11) is 3.22. The number of aliphatic imine (C=N–C) groups is 1. The highest BCUT2D eigenvalue weighted by Gasteiger charge is 2.36. The van der Waals surface area contributed by atoms with Crippen molar-refractivity contribution in [3.05, 3.63) is 56.2 Å². The van der Waals surface area contributed by atoms with Gasteiger partial charge in [-0.15, -0.1) is 0 Å². The Labute approximate surface area is 176 Å². The molecule has 0 unspecified atom stereocenters. The normalized spacial score (nSPS) is 18.3. The Balaban J connectivity index is 1.98. The Bertz CT molecular complexity index is 1070. The van der Waals surface area contributed by atoms with Crippen molar-refractivity contribution in [3.63, 3.8) is 0 Å². The Morgan fingerprint density at radius 2 is 1.90 bits per heavy atom. The summed E-state index contributed by atoms with van der Waals surface area (Å²) < 4.78 is 8.27. The van der Waals surface area contributed by atoms with Crippen LogP contribution in [0.5, 0.6) is 5.75 Å². The number of amidine groups is 1. The average molecular weight is 411 g/mol. The molecule has 30 heavy (non-hydrogen) atoms. The number of nitrogens with zero attached hydrogens (tertiary/aromatic N) is 4. The van der Waals surface area contributed by atoms with Crippen LogP contribution in [0.15, 0.2) is 38.8 Å². The number of aromatic nitrogens is 2. The first-order valence-corrected chi connectivity index (χ1v) is 10.9. The number of ether oxygens (including phenoxy) is 1. The molecule has 0 radical (unpaired) electrons. The molecular weight excluding hydrogens is 380 g/mol. The fourth-order valence-electron chi connectivity index (χ4n) is 4.48. The molecule has 3 heterocycles. The molecule has 0 bridgehead atoms. The van der Waals surface area contributed by atoms with E-state index >= 15 is 0 Å². The van der Waals surface area contributed by atoms with Gasteiger partial charge in [0.2, 0.25) is 0 Å². The quantitative estimate of drug-likeness (QED) is 0.758. The number of benzene rings is 1. The minimum absolute atomic E-state index is 0.247. The van der Waals surface area contributed by atoms with E-state index in [0.717, 1.165) is 62.2 Å². The van der Waals surface area contributed by atoms with Gasteiger partial charge in [-0.25, -0.2) is 9.79 Å². The summed E-state index contributed by atoms with van der Waals surface area (Å²) in [5.41, 5.74) is 1.08. The van der Waals surface area contributed by atoms with Gasteiger partial charge in [-0.05, 0) is 37.0 Å². The van der Waals surface area contributed by atoms with Gasteiger partial charge in [-0.2, -0.15) is 0 Å². The first kappa shape index (κ1) is 20.4. The molecule has 2 aliphatic rings. The van der Waals surface area contributed by atoms with Crippen molar-refractivity contribution in [2.24, 2.45) is 12.0 Å². The standard InChI is InChI=1S/C23H30N4O3/c1-4-5-14-27-21-19(22(28)25(2)23(27)29)20(16-10-12-17(30-3)13-11-16)26-15-8-6-7-9-18(26)24-21/h10-13,20H,4-9,14-15H2,1-3H3/t20-/m1/s1. The highest BCUT2D eigenvalue weighted by molar-refractivity contribution is 5.88. The first-order chi connectivity index (χ1) is 14.6. The zero-order chi connectivity index (χ0) is 21.3.